The molecular weight excluding hydrogens is 212 g/mol. The van der Waals surface area contributed by atoms with E-state index in [1.54, 1.807) is 0 Å². The summed E-state index contributed by atoms with van der Waals surface area (Å²) in [5.41, 5.74) is 1.39. The first kappa shape index (κ1) is 11.2. The van der Waals surface area contributed by atoms with Crippen molar-refractivity contribution in [3.05, 3.63) is 30.1 Å². The Hall–Kier alpha value is -0.930. The highest BCUT2D eigenvalue weighted by molar-refractivity contribution is 5.06. The van der Waals surface area contributed by atoms with Crippen molar-refractivity contribution in [2.24, 2.45) is 5.92 Å². The summed E-state index contributed by atoms with van der Waals surface area (Å²) in [4.78, 5) is 4.41. The predicted molar refractivity (Wildman–Crippen MR) is 66.8 cm³/mol. The fourth-order valence-corrected chi connectivity index (χ4v) is 3.12. The van der Waals surface area contributed by atoms with Crippen LogP contribution in [0.3, 0.4) is 0 Å². The highest BCUT2D eigenvalue weighted by atomic mass is 16.5. The number of hydrogen-bond donors (Lipinski definition) is 1. The van der Waals surface area contributed by atoms with Crippen molar-refractivity contribution in [3.63, 3.8) is 0 Å². The van der Waals surface area contributed by atoms with Crippen molar-refractivity contribution in [3.8, 4) is 0 Å². The quantitative estimate of drug-likeness (QED) is 0.844. The highest BCUT2D eigenvalue weighted by Gasteiger charge is 2.40. The fourth-order valence-electron chi connectivity index (χ4n) is 3.12. The topological polar surface area (TPSA) is 34.1 Å². The molecule has 3 heterocycles. The zero-order valence-corrected chi connectivity index (χ0v) is 10.2. The van der Waals surface area contributed by atoms with Gasteiger partial charge in [0.1, 0.15) is 0 Å². The van der Waals surface area contributed by atoms with Gasteiger partial charge in [0.05, 0.1) is 12.2 Å². The zero-order valence-electron chi connectivity index (χ0n) is 10.2. The van der Waals surface area contributed by atoms with Crippen molar-refractivity contribution >= 4 is 0 Å². The molecule has 2 saturated heterocycles. The Balaban J connectivity index is 1.60. The Morgan fingerprint density at radius 2 is 2.24 bits per heavy atom. The summed E-state index contributed by atoms with van der Waals surface area (Å²) < 4.78 is 6.10. The molecule has 0 amide bonds. The number of ether oxygens (including phenoxy) is 1. The van der Waals surface area contributed by atoms with Crippen molar-refractivity contribution < 1.29 is 4.74 Å². The van der Waals surface area contributed by atoms with Crippen LogP contribution in [0.1, 0.15) is 25.0 Å². The monoisotopic (exact) mass is 232 g/mol. The second-order valence-corrected chi connectivity index (χ2v) is 5.34. The van der Waals surface area contributed by atoms with E-state index in [1.807, 2.05) is 12.3 Å². The molecule has 0 saturated carbocycles. The number of nitrogens with one attached hydrogen (secondary N) is 1. The summed E-state index contributed by atoms with van der Waals surface area (Å²) in [5, 5.41) is 3.41. The third kappa shape index (κ3) is 2.50. The van der Waals surface area contributed by atoms with Crippen molar-refractivity contribution in [2.45, 2.75) is 31.3 Å². The average molecular weight is 232 g/mol. The molecule has 1 atom stereocenters. The average Bonchev–Trinajstić information content (AvgIpc) is 2.74. The molecule has 0 aliphatic carbocycles. The third-order valence-corrected chi connectivity index (χ3v) is 4.02. The van der Waals surface area contributed by atoms with Crippen LogP contribution < -0.4 is 5.32 Å². The first-order chi connectivity index (χ1) is 8.36. The summed E-state index contributed by atoms with van der Waals surface area (Å²) in [6.45, 7) is 3.13. The summed E-state index contributed by atoms with van der Waals surface area (Å²) in [7, 11) is 0. The van der Waals surface area contributed by atoms with E-state index in [2.05, 4.69) is 22.4 Å². The van der Waals surface area contributed by atoms with Crippen molar-refractivity contribution in [1.29, 1.82) is 0 Å². The van der Waals surface area contributed by atoms with Gasteiger partial charge in [-0.05, 0) is 56.8 Å². The molecule has 1 N–H and O–H groups in total. The Bertz CT molecular complexity index is 360. The summed E-state index contributed by atoms with van der Waals surface area (Å²) >= 11 is 0. The van der Waals surface area contributed by atoms with E-state index in [0.29, 0.717) is 5.92 Å². The fraction of sp³-hybridized carbons (Fsp3) is 0.643. The maximum absolute atomic E-state index is 6.10. The maximum Gasteiger partial charge on any atom is 0.0710 e. The van der Waals surface area contributed by atoms with Crippen LogP contribution in [-0.4, -0.2) is 30.3 Å². The van der Waals surface area contributed by atoms with Crippen LogP contribution >= 0.6 is 0 Å². The van der Waals surface area contributed by atoms with Gasteiger partial charge < -0.3 is 10.1 Å². The zero-order chi connectivity index (χ0) is 11.6. The lowest BCUT2D eigenvalue weighted by atomic mass is 9.85. The Labute approximate surface area is 103 Å². The van der Waals surface area contributed by atoms with Gasteiger partial charge in [-0.3, -0.25) is 4.98 Å². The summed E-state index contributed by atoms with van der Waals surface area (Å²) in [6.07, 6.45) is 6.50. The van der Waals surface area contributed by atoms with Crippen LogP contribution in [0.15, 0.2) is 24.4 Å². The van der Waals surface area contributed by atoms with Crippen LogP contribution in [0.2, 0.25) is 0 Å². The first-order valence-electron chi connectivity index (χ1n) is 6.61. The van der Waals surface area contributed by atoms with Gasteiger partial charge in [-0.1, -0.05) is 6.07 Å². The molecule has 0 bridgehead atoms. The third-order valence-electron chi connectivity index (χ3n) is 4.02. The van der Waals surface area contributed by atoms with E-state index in [4.69, 9.17) is 4.74 Å². The van der Waals surface area contributed by atoms with E-state index in [1.165, 1.54) is 25.0 Å². The van der Waals surface area contributed by atoms with Gasteiger partial charge in [-0.15, -0.1) is 0 Å². The second kappa shape index (κ2) is 4.75. The van der Waals surface area contributed by atoms with E-state index in [0.717, 1.165) is 26.1 Å². The molecular formula is C14H20N2O. The van der Waals surface area contributed by atoms with Crippen LogP contribution in [0.5, 0.6) is 0 Å². The normalized spacial score (nSPS) is 27.4. The molecule has 92 valence electrons. The van der Waals surface area contributed by atoms with Gasteiger partial charge >= 0.3 is 0 Å². The van der Waals surface area contributed by atoms with Gasteiger partial charge in [0, 0.05) is 11.9 Å². The Morgan fingerprint density at radius 3 is 3.00 bits per heavy atom. The van der Waals surface area contributed by atoms with Crippen LogP contribution in [0, 0.1) is 5.92 Å². The summed E-state index contributed by atoms with van der Waals surface area (Å²) in [5.74, 6) is 0.656. The molecule has 17 heavy (non-hydrogen) atoms. The summed E-state index contributed by atoms with van der Waals surface area (Å²) in [6, 6.07) is 6.16. The van der Waals surface area contributed by atoms with Gasteiger partial charge in [0.2, 0.25) is 0 Å². The number of piperidine rings is 1. The highest BCUT2D eigenvalue weighted by Crippen LogP contribution is 2.37. The number of pyridine rings is 1. The lowest BCUT2D eigenvalue weighted by molar-refractivity contribution is -0.0196. The van der Waals surface area contributed by atoms with Gasteiger partial charge in [-0.25, -0.2) is 0 Å². The molecule has 3 rings (SSSR count). The smallest absolute Gasteiger partial charge is 0.0710 e. The molecule has 2 aliphatic rings. The minimum absolute atomic E-state index is 0.185. The molecule has 0 aromatic carbocycles. The minimum atomic E-state index is 0.185. The molecule has 2 fully saturated rings. The van der Waals surface area contributed by atoms with Crippen LogP contribution in [0.4, 0.5) is 0 Å². The second-order valence-electron chi connectivity index (χ2n) is 5.34. The minimum Gasteiger partial charge on any atom is -0.375 e. The lowest BCUT2D eigenvalue weighted by Gasteiger charge is -2.33. The van der Waals surface area contributed by atoms with E-state index < -0.39 is 0 Å². The van der Waals surface area contributed by atoms with Crippen LogP contribution in [-0.2, 0) is 11.2 Å². The van der Waals surface area contributed by atoms with Crippen LogP contribution in [0.25, 0.3) is 0 Å². The number of rotatable bonds is 2. The molecule has 0 unspecified atom stereocenters. The SMILES string of the molecule is c1ccc(C[C@H]2COC3(CCNCC3)C2)nc1. The molecule has 0 radical (unpaired) electrons. The molecule has 2 aliphatic heterocycles. The van der Waals surface area contributed by atoms with E-state index in [-0.39, 0.29) is 5.60 Å². The van der Waals surface area contributed by atoms with E-state index in [9.17, 15) is 0 Å². The van der Waals surface area contributed by atoms with Crippen molar-refractivity contribution in [1.82, 2.24) is 10.3 Å². The molecule has 3 heteroatoms. The van der Waals surface area contributed by atoms with Gasteiger partial charge in [-0.2, -0.15) is 0 Å². The number of nitrogens with zero attached hydrogens (tertiary/aromatic N) is 1. The van der Waals surface area contributed by atoms with Gasteiger partial charge in [0.25, 0.3) is 0 Å². The van der Waals surface area contributed by atoms with E-state index >= 15 is 0 Å². The lowest BCUT2D eigenvalue weighted by Crippen LogP contribution is -2.41. The molecule has 1 aromatic rings. The predicted octanol–water partition coefficient (Wildman–Crippen LogP) is 1.78. The van der Waals surface area contributed by atoms with Gasteiger partial charge in [0.15, 0.2) is 0 Å². The molecule has 1 aromatic heterocycles. The standard InChI is InChI=1S/C14H20N2O/c1-2-6-16-13(3-1)9-12-10-14(17-11-12)4-7-15-8-5-14/h1-3,6,12,15H,4-5,7-11H2/t12-/m1/s1. The Morgan fingerprint density at radius 1 is 1.35 bits per heavy atom. The number of hydrogen-bond acceptors (Lipinski definition) is 3. The largest absolute Gasteiger partial charge is 0.375 e. The maximum atomic E-state index is 6.10. The Kier molecular flexibility index (Phi) is 3.12. The number of aromatic nitrogens is 1. The van der Waals surface area contributed by atoms with Crippen molar-refractivity contribution in [2.75, 3.05) is 19.7 Å². The first-order valence-corrected chi connectivity index (χ1v) is 6.61. The molecule has 3 nitrogen and oxygen atoms in total. The molecule has 1 spiro atoms.